The molecule has 0 aromatic heterocycles. The number of nitrogens with one attached hydrogen (secondary N) is 1. The van der Waals surface area contributed by atoms with E-state index in [1.165, 1.54) is 7.11 Å². The molecule has 0 saturated heterocycles. The maximum Gasteiger partial charge on any atom is 0.328 e. The Hall–Kier alpha value is -2.24. The summed E-state index contributed by atoms with van der Waals surface area (Å²) in [5.74, 6) is 0.379. The van der Waals surface area contributed by atoms with Gasteiger partial charge in [-0.25, -0.2) is 4.79 Å². The zero-order chi connectivity index (χ0) is 16.8. The summed E-state index contributed by atoms with van der Waals surface area (Å²) >= 11 is 0. The first kappa shape index (κ1) is 17.1. The fraction of sp³-hybridized carbons (Fsp3) is 0.529. The van der Waals surface area contributed by atoms with Gasteiger partial charge in [0.05, 0.1) is 20.3 Å². The van der Waals surface area contributed by atoms with Gasteiger partial charge in [0.1, 0.15) is 6.04 Å². The minimum Gasteiger partial charge on any atom is -0.490 e. The van der Waals surface area contributed by atoms with Crippen molar-refractivity contribution in [2.75, 3.05) is 20.3 Å². The SMILES string of the molecule is CCC(C)C(NC(=O)c1ccc2c(c1)OCCCO2)C(=O)OC. The zero-order valence-corrected chi connectivity index (χ0v) is 13.8. The van der Waals surface area contributed by atoms with Crippen molar-refractivity contribution in [1.82, 2.24) is 5.32 Å². The van der Waals surface area contributed by atoms with E-state index in [-0.39, 0.29) is 11.8 Å². The summed E-state index contributed by atoms with van der Waals surface area (Å²) in [6.07, 6.45) is 1.55. The number of rotatable bonds is 5. The number of benzene rings is 1. The maximum absolute atomic E-state index is 12.5. The number of hydrogen-bond donors (Lipinski definition) is 1. The van der Waals surface area contributed by atoms with Crippen molar-refractivity contribution in [3.8, 4) is 11.5 Å². The first-order valence-corrected chi connectivity index (χ1v) is 7.85. The first-order chi connectivity index (χ1) is 11.1. The van der Waals surface area contributed by atoms with Crippen LogP contribution >= 0.6 is 0 Å². The van der Waals surface area contributed by atoms with E-state index in [9.17, 15) is 9.59 Å². The monoisotopic (exact) mass is 321 g/mol. The molecule has 2 unspecified atom stereocenters. The molecule has 0 bridgehead atoms. The highest BCUT2D eigenvalue weighted by molar-refractivity contribution is 5.97. The maximum atomic E-state index is 12.5. The van der Waals surface area contributed by atoms with Crippen LogP contribution in [-0.2, 0) is 9.53 Å². The van der Waals surface area contributed by atoms with Crippen molar-refractivity contribution < 1.29 is 23.8 Å². The number of carbonyl (C=O) groups is 2. The fourth-order valence-corrected chi connectivity index (χ4v) is 2.33. The van der Waals surface area contributed by atoms with Crippen molar-refractivity contribution in [2.45, 2.75) is 32.7 Å². The highest BCUT2D eigenvalue weighted by Gasteiger charge is 2.27. The molecule has 0 aliphatic carbocycles. The van der Waals surface area contributed by atoms with Gasteiger partial charge in [-0.2, -0.15) is 0 Å². The summed E-state index contributed by atoms with van der Waals surface area (Å²) in [6.45, 7) is 5.00. The largest absolute Gasteiger partial charge is 0.490 e. The average Bonchev–Trinajstić information content (AvgIpc) is 2.82. The lowest BCUT2D eigenvalue weighted by molar-refractivity contribution is -0.144. The zero-order valence-electron chi connectivity index (χ0n) is 13.8. The molecule has 6 nitrogen and oxygen atoms in total. The second-order valence-electron chi connectivity index (χ2n) is 5.57. The van der Waals surface area contributed by atoms with Crippen molar-refractivity contribution in [2.24, 2.45) is 5.92 Å². The minimum atomic E-state index is -0.673. The lowest BCUT2D eigenvalue weighted by Crippen LogP contribution is -2.45. The van der Waals surface area contributed by atoms with Crippen molar-refractivity contribution in [1.29, 1.82) is 0 Å². The smallest absolute Gasteiger partial charge is 0.328 e. The third kappa shape index (κ3) is 4.15. The molecule has 0 fully saturated rings. The summed E-state index contributed by atoms with van der Waals surface area (Å²) in [4.78, 5) is 24.3. The summed E-state index contributed by atoms with van der Waals surface area (Å²) < 4.78 is 15.9. The van der Waals surface area contributed by atoms with Crippen LogP contribution in [-0.4, -0.2) is 38.2 Å². The standard InChI is InChI=1S/C17H23NO5/c1-4-11(2)15(17(20)21-3)18-16(19)12-6-7-13-14(10-12)23-9-5-8-22-13/h6-7,10-11,15H,4-5,8-9H2,1-3H3,(H,18,19). The molecule has 1 aromatic carbocycles. The molecular weight excluding hydrogens is 298 g/mol. The van der Waals surface area contributed by atoms with E-state index < -0.39 is 12.0 Å². The molecule has 1 amide bonds. The van der Waals surface area contributed by atoms with Gasteiger partial charge >= 0.3 is 5.97 Å². The van der Waals surface area contributed by atoms with E-state index >= 15 is 0 Å². The van der Waals surface area contributed by atoms with Crippen LogP contribution in [0.15, 0.2) is 18.2 Å². The highest BCUT2D eigenvalue weighted by atomic mass is 16.5. The number of carbonyl (C=O) groups excluding carboxylic acids is 2. The third-order valence-corrected chi connectivity index (χ3v) is 3.96. The number of methoxy groups -OCH3 is 1. The average molecular weight is 321 g/mol. The lowest BCUT2D eigenvalue weighted by Gasteiger charge is -2.22. The van der Waals surface area contributed by atoms with Gasteiger partial charge in [0.2, 0.25) is 0 Å². The second-order valence-corrected chi connectivity index (χ2v) is 5.57. The van der Waals surface area contributed by atoms with E-state index in [4.69, 9.17) is 14.2 Å². The Labute approximate surface area is 136 Å². The number of esters is 1. The molecule has 0 spiro atoms. The molecule has 1 heterocycles. The number of fused-ring (bicyclic) bond motifs is 1. The molecule has 2 rings (SSSR count). The Bertz CT molecular complexity index is 572. The van der Waals surface area contributed by atoms with Gasteiger partial charge in [0, 0.05) is 12.0 Å². The number of hydrogen-bond acceptors (Lipinski definition) is 5. The molecule has 1 N–H and O–H groups in total. The van der Waals surface area contributed by atoms with Gasteiger partial charge in [-0.3, -0.25) is 4.79 Å². The molecule has 0 radical (unpaired) electrons. The number of ether oxygens (including phenoxy) is 3. The molecule has 6 heteroatoms. The molecule has 1 aromatic rings. The van der Waals surface area contributed by atoms with Gasteiger partial charge in [0.15, 0.2) is 11.5 Å². The minimum absolute atomic E-state index is 0.0215. The molecular formula is C17H23NO5. The van der Waals surface area contributed by atoms with Crippen LogP contribution in [0.5, 0.6) is 11.5 Å². The van der Waals surface area contributed by atoms with E-state index in [1.807, 2.05) is 13.8 Å². The van der Waals surface area contributed by atoms with Gasteiger partial charge in [-0.05, 0) is 24.1 Å². The summed E-state index contributed by atoms with van der Waals surface area (Å²) in [5, 5.41) is 2.75. The molecule has 2 atom stereocenters. The van der Waals surface area contributed by atoms with Gasteiger partial charge in [-0.1, -0.05) is 20.3 Å². The van der Waals surface area contributed by atoms with Crippen molar-refractivity contribution >= 4 is 11.9 Å². The highest BCUT2D eigenvalue weighted by Crippen LogP contribution is 2.30. The molecule has 0 saturated carbocycles. The second kappa shape index (κ2) is 7.85. The molecule has 23 heavy (non-hydrogen) atoms. The van der Waals surface area contributed by atoms with Crippen LogP contribution in [0, 0.1) is 5.92 Å². The Morgan fingerprint density at radius 3 is 2.61 bits per heavy atom. The molecule has 1 aliphatic heterocycles. The van der Waals surface area contributed by atoms with Gasteiger partial charge in [-0.15, -0.1) is 0 Å². The predicted molar refractivity (Wildman–Crippen MR) is 84.8 cm³/mol. The Morgan fingerprint density at radius 1 is 1.26 bits per heavy atom. The quantitative estimate of drug-likeness (QED) is 0.841. The van der Waals surface area contributed by atoms with Crippen LogP contribution in [0.4, 0.5) is 0 Å². The normalized spacial score (nSPS) is 16.0. The predicted octanol–water partition coefficient (Wildman–Crippen LogP) is 2.17. The van der Waals surface area contributed by atoms with Crippen LogP contribution in [0.2, 0.25) is 0 Å². The van der Waals surface area contributed by atoms with Crippen LogP contribution in [0.1, 0.15) is 37.0 Å². The van der Waals surface area contributed by atoms with E-state index in [0.29, 0.717) is 30.3 Å². The topological polar surface area (TPSA) is 73.9 Å². The third-order valence-electron chi connectivity index (χ3n) is 3.96. The number of amides is 1. The molecule has 1 aliphatic rings. The van der Waals surface area contributed by atoms with Crippen LogP contribution < -0.4 is 14.8 Å². The van der Waals surface area contributed by atoms with Crippen LogP contribution in [0.3, 0.4) is 0 Å². The van der Waals surface area contributed by atoms with E-state index in [1.54, 1.807) is 18.2 Å². The van der Waals surface area contributed by atoms with Crippen molar-refractivity contribution in [3.05, 3.63) is 23.8 Å². The van der Waals surface area contributed by atoms with E-state index in [0.717, 1.165) is 12.8 Å². The van der Waals surface area contributed by atoms with Gasteiger partial charge < -0.3 is 19.5 Å². The Kier molecular flexibility index (Phi) is 5.84. The Morgan fingerprint density at radius 2 is 1.96 bits per heavy atom. The summed E-state index contributed by atoms with van der Waals surface area (Å²) in [6, 6.07) is 4.34. The first-order valence-electron chi connectivity index (χ1n) is 7.85. The lowest BCUT2D eigenvalue weighted by atomic mass is 9.99. The van der Waals surface area contributed by atoms with Crippen LogP contribution in [0.25, 0.3) is 0 Å². The summed E-state index contributed by atoms with van der Waals surface area (Å²) in [5.41, 5.74) is 0.423. The van der Waals surface area contributed by atoms with Gasteiger partial charge in [0.25, 0.3) is 5.91 Å². The van der Waals surface area contributed by atoms with E-state index in [2.05, 4.69) is 5.32 Å². The molecule has 126 valence electrons. The summed E-state index contributed by atoms with van der Waals surface area (Å²) in [7, 11) is 1.32. The van der Waals surface area contributed by atoms with Crippen molar-refractivity contribution in [3.63, 3.8) is 0 Å². The fourth-order valence-electron chi connectivity index (χ4n) is 2.33. The Balaban J connectivity index is 2.16.